The van der Waals surface area contributed by atoms with Crippen LogP contribution in [0.2, 0.25) is 0 Å². The van der Waals surface area contributed by atoms with Crippen LogP contribution in [-0.4, -0.2) is 29.5 Å². The highest BCUT2D eigenvalue weighted by Gasteiger charge is 2.48. The van der Waals surface area contributed by atoms with E-state index < -0.39 is 14.3 Å². The van der Waals surface area contributed by atoms with Crippen LogP contribution >= 0.6 is 14.3 Å². The van der Waals surface area contributed by atoms with Crippen LogP contribution in [0.15, 0.2) is 0 Å². The smallest absolute Gasteiger partial charge is 0.101 e. The Bertz CT molecular complexity index is 492. The van der Waals surface area contributed by atoms with Crippen LogP contribution in [0.3, 0.4) is 0 Å². The lowest BCUT2D eigenvalue weighted by molar-refractivity contribution is 0.349. The fourth-order valence-electron chi connectivity index (χ4n) is 5.90. The van der Waals surface area contributed by atoms with Crippen molar-refractivity contribution in [1.82, 2.24) is 0 Å². The van der Waals surface area contributed by atoms with Gasteiger partial charge in [-0.15, -0.1) is 0 Å². The maximum Gasteiger partial charge on any atom is 0.101 e. The summed E-state index contributed by atoms with van der Waals surface area (Å²) in [5.74, 6) is 1.73. The summed E-state index contributed by atoms with van der Waals surface area (Å²) < 4.78 is 29.0. The maximum absolute atomic E-state index is 14.9. The average Bonchev–Trinajstić information content (AvgIpc) is 2.65. The molecular formula is C23H46O2P2. The van der Waals surface area contributed by atoms with Crippen LogP contribution < -0.4 is 0 Å². The van der Waals surface area contributed by atoms with Crippen molar-refractivity contribution in [3.63, 3.8) is 0 Å². The maximum atomic E-state index is 14.9. The Morgan fingerprint density at radius 2 is 1.11 bits per heavy atom. The molecule has 0 spiro atoms. The van der Waals surface area contributed by atoms with Crippen LogP contribution in [0.4, 0.5) is 0 Å². The Hall–Kier alpha value is 0.460. The molecule has 0 amide bonds. The Morgan fingerprint density at radius 1 is 0.704 bits per heavy atom. The highest BCUT2D eigenvalue weighted by atomic mass is 31.2. The van der Waals surface area contributed by atoms with Crippen molar-refractivity contribution < 1.29 is 9.13 Å². The molecule has 4 heteroatoms. The van der Waals surface area contributed by atoms with Gasteiger partial charge in [0, 0.05) is 23.6 Å². The minimum Gasteiger partial charge on any atom is -0.323 e. The van der Waals surface area contributed by atoms with Gasteiger partial charge in [0.1, 0.15) is 7.14 Å². The average molecular weight is 417 g/mol. The van der Waals surface area contributed by atoms with E-state index in [1.165, 1.54) is 38.5 Å². The van der Waals surface area contributed by atoms with Gasteiger partial charge < -0.3 is 9.13 Å². The Balaban J connectivity index is 2.34. The molecular weight excluding hydrogens is 370 g/mol. The van der Waals surface area contributed by atoms with Gasteiger partial charge in [-0.2, -0.15) is 0 Å². The zero-order chi connectivity index (χ0) is 19.9. The molecule has 0 aromatic rings. The van der Waals surface area contributed by atoms with E-state index in [0.717, 1.165) is 50.8 Å². The van der Waals surface area contributed by atoms with Crippen molar-refractivity contribution >= 4 is 14.3 Å². The lowest BCUT2D eigenvalue weighted by atomic mass is 9.89. The van der Waals surface area contributed by atoms with Crippen molar-refractivity contribution in [2.45, 2.75) is 116 Å². The largest absolute Gasteiger partial charge is 0.323 e. The summed E-state index contributed by atoms with van der Waals surface area (Å²) in [6.07, 6.45) is 15.7. The van der Waals surface area contributed by atoms with E-state index in [1.54, 1.807) is 0 Å². The van der Waals surface area contributed by atoms with Crippen molar-refractivity contribution in [2.75, 3.05) is 18.2 Å². The molecule has 4 unspecified atom stereocenters. The van der Waals surface area contributed by atoms with E-state index in [4.69, 9.17) is 0 Å². The summed E-state index contributed by atoms with van der Waals surface area (Å²) in [6, 6.07) is 0. The Kier molecular flexibility index (Phi) is 9.68. The first-order valence-electron chi connectivity index (χ1n) is 12.0. The van der Waals surface area contributed by atoms with E-state index in [0.29, 0.717) is 29.1 Å². The molecule has 2 aliphatic rings. The van der Waals surface area contributed by atoms with Crippen LogP contribution in [0.25, 0.3) is 0 Å². The van der Waals surface area contributed by atoms with E-state index in [1.807, 2.05) is 0 Å². The zero-order valence-corrected chi connectivity index (χ0v) is 20.4. The summed E-state index contributed by atoms with van der Waals surface area (Å²) in [5.41, 5.74) is 0.710. The monoisotopic (exact) mass is 416 g/mol. The first kappa shape index (κ1) is 23.7. The zero-order valence-electron chi connectivity index (χ0n) is 18.6. The predicted molar refractivity (Wildman–Crippen MR) is 122 cm³/mol. The summed E-state index contributed by atoms with van der Waals surface area (Å²) in [5, 5.41) is 0. The molecule has 0 saturated heterocycles. The molecule has 2 fully saturated rings. The van der Waals surface area contributed by atoms with Gasteiger partial charge in [0.25, 0.3) is 0 Å². The number of hydrogen-bond donors (Lipinski definition) is 0. The molecule has 0 aromatic carbocycles. The summed E-state index contributed by atoms with van der Waals surface area (Å²) in [7, 11) is -4.77. The summed E-state index contributed by atoms with van der Waals surface area (Å²) >= 11 is 0. The molecule has 160 valence electrons. The molecule has 0 bridgehead atoms. The number of rotatable bonds is 10. The van der Waals surface area contributed by atoms with Gasteiger partial charge in [0.15, 0.2) is 0 Å². The lowest BCUT2D eigenvalue weighted by Crippen LogP contribution is -2.34. The summed E-state index contributed by atoms with van der Waals surface area (Å²) in [4.78, 5) is 0. The van der Waals surface area contributed by atoms with Crippen molar-refractivity contribution in [3.05, 3.63) is 0 Å². The fourth-order valence-corrected chi connectivity index (χ4v) is 17.7. The molecule has 4 atom stereocenters. The molecule has 0 aliphatic heterocycles. The molecule has 2 rings (SSSR count). The van der Waals surface area contributed by atoms with Gasteiger partial charge in [0.2, 0.25) is 0 Å². The standard InChI is InChI=1S/C23H46O2P2/c1-5-7-17-26(24,18-8-6-2)19-27(25,22-15-11-9-13-20(22)3)23-16-12-10-14-21(23)4/h20-23H,5-19H2,1-4H3. The molecule has 27 heavy (non-hydrogen) atoms. The third-order valence-electron chi connectivity index (χ3n) is 7.57. The van der Waals surface area contributed by atoms with Crippen LogP contribution in [0, 0.1) is 11.8 Å². The topological polar surface area (TPSA) is 34.1 Å². The molecule has 0 radical (unpaired) electrons. The highest BCUT2D eigenvalue weighted by Crippen LogP contribution is 2.72. The second kappa shape index (κ2) is 11.0. The molecule has 2 aliphatic carbocycles. The number of hydrogen-bond acceptors (Lipinski definition) is 2. The minimum atomic E-state index is -2.45. The van der Waals surface area contributed by atoms with Crippen molar-refractivity contribution in [2.24, 2.45) is 11.8 Å². The van der Waals surface area contributed by atoms with Crippen LogP contribution in [-0.2, 0) is 9.13 Å². The first-order valence-corrected chi connectivity index (χ1v) is 16.3. The second-order valence-corrected chi connectivity index (χ2v) is 17.0. The van der Waals surface area contributed by atoms with E-state index in [2.05, 4.69) is 27.7 Å². The molecule has 0 aromatic heterocycles. The Morgan fingerprint density at radius 3 is 1.48 bits per heavy atom. The van der Waals surface area contributed by atoms with Gasteiger partial charge in [-0.05, 0) is 50.4 Å². The van der Waals surface area contributed by atoms with Gasteiger partial charge in [-0.3, -0.25) is 0 Å². The third-order valence-corrected chi connectivity index (χ3v) is 17.4. The molecule has 0 N–H and O–H groups in total. The number of unbranched alkanes of at least 4 members (excludes halogenated alkanes) is 2. The van der Waals surface area contributed by atoms with Gasteiger partial charge in [-0.25, -0.2) is 0 Å². The van der Waals surface area contributed by atoms with Crippen molar-refractivity contribution in [3.8, 4) is 0 Å². The third kappa shape index (κ3) is 6.22. The second-order valence-electron chi connectivity index (χ2n) is 9.87. The van der Waals surface area contributed by atoms with E-state index >= 15 is 0 Å². The molecule has 0 heterocycles. The lowest BCUT2D eigenvalue weighted by Gasteiger charge is -2.44. The van der Waals surface area contributed by atoms with Crippen LogP contribution in [0.1, 0.15) is 105 Å². The quantitative estimate of drug-likeness (QED) is 0.335. The normalized spacial score (nSPS) is 32.1. The molecule has 2 nitrogen and oxygen atoms in total. The minimum absolute atomic E-state index is 0.355. The first-order chi connectivity index (χ1) is 12.9. The predicted octanol–water partition coefficient (Wildman–Crippen LogP) is 8.43. The van der Waals surface area contributed by atoms with Crippen LogP contribution in [0.5, 0.6) is 0 Å². The van der Waals surface area contributed by atoms with Gasteiger partial charge in [0.05, 0.1) is 13.0 Å². The van der Waals surface area contributed by atoms with E-state index in [9.17, 15) is 9.13 Å². The SMILES string of the molecule is CCCCP(=O)(CCCC)CP(=O)(C1CCCCC1C)C1CCCCC1C. The fraction of sp³-hybridized carbons (Fsp3) is 1.00. The Labute approximate surface area is 169 Å². The van der Waals surface area contributed by atoms with Gasteiger partial charge >= 0.3 is 0 Å². The summed E-state index contributed by atoms with van der Waals surface area (Å²) in [6.45, 7) is 9.06. The highest BCUT2D eigenvalue weighted by molar-refractivity contribution is 7.81. The molecule has 2 saturated carbocycles. The van der Waals surface area contributed by atoms with Gasteiger partial charge in [-0.1, -0.05) is 66.2 Å². The van der Waals surface area contributed by atoms with Crippen molar-refractivity contribution in [1.29, 1.82) is 0 Å². The van der Waals surface area contributed by atoms with E-state index in [-0.39, 0.29) is 0 Å².